The number of nitrogens with zero attached hydrogens (tertiary/aromatic N) is 1. The van der Waals surface area contributed by atoms with Crippen molar-refractivity contribution in [2.24, 2.45) is 0 Å². The summed E-state index contributed by atoms with van der Waals surface area (Å²) in [5.41, 5.74) is 0.370. The second-order valence-corrected chi connectivity index (χ2v) is 7.26. The number of benzene rings is 1. The van der Waals surface area contributed by atoms with E-state index in [2.05, 4.69) is 4.90 Å². The molecule has 0 unspecified atom stereocenters. The Morgan fingerprint density at radius 1 is 1.35 bits per heavy atom. The van der Waals surface area contributed by atoms with Crippen LogP contribution in [0.25, 0.3) is 0 Å². The molecule has 2 heterocycles. The molecular weight excluding hydrogens is 318 g/mol. The van der Waals surface area contributed by atoms with Crippen LogP contribution in [0.5, 0.6) is 11.5 Å². The fraction of sp³-hybridized carbons (Fsp3) is 0.588. The zero-order valence-corrected chi connectivity index (χ0v) is 13.7. The van der Waals surface area contributed by atoms with Crippen LogP contribution in [-0.4, -0.2) is 52.2 Å². The fourth-order valence-electron chi connectivity index (χ4n) is 5.54. The average molecular weight is 338 g/mol. The van der Waals surface area contributed by atoms with E-state index >= 15 is 0 Å². The Morgan fingerprint density at radius 2 is 2.13 bits per heavy atom. The average Bonchev–Trinajstić information content (AvgIpc) is 2.85. The Bertz CT molecular complexity index is 723. The van der Waals surface area contributed by atoms with E-state index in [-0.39, 0.29) is 30.0 Å². The third-order valence-corrected chi connectivity index (χ3v) is 6.53. The van der Waals surface area contributed by atoms with Gasteiger partial charge in [0.25, 0.3) is 0 Å². The van der Waals surface area contributed by atoms with Crippen LogP contribution < -0.4 is 4.74 Å². The normalized spacial score (nSPS) is 40.2. The first kappa shape index (κ1) is 15.2. The van der Waals surface area contributed by atoms with Crippen LogP contribution in [0.2, 0.25) is 0 Å². The number of hydrogen-bond acceptors (Lipinski definition) is 5. The maximum atomic E-state index is 12.5. The van der Waals surface area contributed by atoms with Crippen LogP contribution in [0.1, 0.15) is 30.4 Å². The number of phenols is 1. The summed E-state index contributed by atoms with van der Waals surface area (Å²) in [7, 11) is 2.04. The first-order valence-electron chi connectivity index (χ1n) is 7.96. The van der Waals surface area contributed by atoms with Crippen molar-refractivity contribution in [2.45, 2.75) is 48.8 Å². The molecular formula is C17H20ClNO4. The summed E-state index contributed by atoms with van der Waals surface area (Å²) in [6, 6.07) is 3.57. The van der Waals surface area contributed by atoms with Crippen LogP contribution in [-0.2, 0) is 16.6 Å². The maximum Gasteiger partial charge on any atom is 0.174 e. The largest absolute Gasteiger partial charge is 0.504 e. The topological polar surface area (TPSA) is 70.0 Å². The van der Waals surface area contributed by atoms with E-state index in [1.54, 1.807) is 6.07 Å². The molecule has 23 heavy (non-hydrogen) atoms. The minimum absolute atomic E-state index is 0. The molecule has 4 aliphatic rings. The molecule has 1 saturated carbocycles. The number of Topliss-reactive ketones (excluding diaryl/α,β-unsaturated/α-hetero) is 1. The summed E-state index contributed by atoms with van der Waals surface area (Å²) in [5.74, 6) is 0.561. The smallest absolute Gasteiger partial charge is 0.174 e. The molecule has 0 radical (unpaired) electrons. The molecule has 5 nitrogen and oxygen atoms in total. The minimum Gasteiger partial charge on any atom is -0.504 e. The lowest BCUT2D eigenvalue weighted by atomic mass is 9.49. The lowest BCUT2D eigenvalue weighted by Gasteiger charge is -2.61. The third kappa shape index (κ3) is 1.45. The molecule has 0 aromatic heterocycles. The zero-order valence-electron chi connectivity index (χ0n) is 12.9. The lowest BCUT2D eigenvalue weighted by molar-refractivity contribution is -0.185. The third-order valence-electron chi connectivity index (χ3n) is 6.53. The van der Waals surface area contributed by atoms with Crippen molar-refractivity contribution in [3.05, 3.63) is 23.3 Å². The van der Waals surface area contributed by atoms with Crippen molar-refractivity contribution in [2.75, 3.05) is 13.6 Å². The predicted octanol–water partition coefficient (Wildman–Crippen LogP) is 1.17. The lowest BCUT2D eigenvalue weighted by Crippen LogP contribution is -2.76. The summed E-state index contributed by atoms with van der Waals surface area (Å²) < 4.78 is 5.94. The molecule has 6 heteroatoms. The molecule has 1 aromatic rings. The second kappa shape index (κ2) is 4.41. The van der Waals surface area contributed by atoms with E-state index in [9.17, 15) is 15.0 Å². The van der Waals surface area contributed by atoms with Crippen molar-refractivity contribution < 1.29 is 19.7 Å². The number of hydrogen-bond donors (Lipinski definition) is 2. The van der Waals surface area contributed by atoms with E-state index in [1.807, 2.05) is 13.1 Å². The first-order valence-corrected chi connectivity index (χ1v) is 7.96. The number of likely N-dealkylation sites (tertiary alicyclic amines) is 1. The standard InChI is InChI=1S/C17H19NO4.ClH/c1-18-7-6-16-13-9-2-3-10(19)14(13)22-15(16)11(20)4-5-17(16,21)12(18)8-9;/h2-3,12,15,19,21H,4-8H2,1H3;1H/t12-,15-,16-,17+;/m0./s1. The van der Waals surface area contributed by atoms with E-state index in [1.165, 1.54) is 0 Å². The van der Waals surface area contributed by atoms with E-state index in [0.29, 0.717) is 25.0 Å². The van der Waals surface area contributed by atoms with Gasteiger partial charge in [0, 0.05) is 18.0 Å². The molecule has 124 valence electrons. The van der Waals surface area contributed by atoms with Gasteiger partial charge < -0.3 is 19.8 Å². The van der Waals surface area contributed by atoms with Gasteiger partial charge in [0.05, 0.1) is 11.0 Å². The van der Waals surface area contributed by atoms with Gasteiger partial charge in [0.2, 0.25) is 0 Å². The molecule has 1 saturated heterocycles. The molecule has 1 spiro atoms. The van der Waals surface area contributed by atoms with Crippen LogP contribution in [0.15, 0.2) is 12.1 Å². The highest BCUT2D eigenvalue weighted by molar-refractivity contribution is 5.90. The van der Waals surface area contributed by atoms with E-state index < -0.39 is 17.1 Å². The van der Waals surface area contributed by atoms with Crippen molar-refractivity contribution in [1.29, 1.82) is 0 Å². The van der Waals surface area contributed by atoms with Crippen LogP contribution in [0.4, 0.5) is 0 Å². The summed E-state index contributed by atoms with van der Waals surface area (Å²) in [6.45, 7) is 0.828. The van der Waals surface area contributed by atoms with Gasteiger partial charge in [-0.3, -0.25) is 4.79 Å². The predicted molar refractivity (Wildman–Crippen MR) is 85.4 cm³/mol. The molecule has 2 N–H and O–H groups in total. The number of aromatic hydroxyl groups is 1. The number of ketones is 1. The first-order chi connectivity index (χ1) is 10.5. The molecule has 2 bridgehead atoms. The van der Waals surface area contributed by atoms with Gasteiger partial charge in [-0.1, -0.05) is 6.07 Å². The van der Waals surface area contributed by atoms with E-state index in [0.717, 1.165) is 24.1 Å². The Labute approximate surface area is 140 Å². The van der Waals surface area contributed by atoms with Gasteiger partial charge >= 0.3 is 0 Å². The van der Waals surface area contributed by atoms with Crippen LogP contribution in [0.3, 0.4) is 0 Å². The van der Waals surface area contributed by atoms with Crippen molar-refractivity contribution in [3.63, 3.8) is 0 Å². The number of carbonyl (C=O) groups is 1. The van der Waals surface area contributed by atoms with Crippen molar-refractivity contribution >= 4 is 18.2 Å². The Balaban J connectivity index is 0.00000135. The van der Waals surface area contributed by atoms with Gasteiger partial charge in [-0.25, -0.2) is 0 Å². The van der Waals surface area contributed by atoms with Crippen molar-refractivity contribution in [1.82, 2.24) is 4.90 Å². The molecule has 2 aliphatic carbocycles. The monoisotopic (exact) mass is 337 g/mol. The maximum absolute atomic E-state index is 12.5. The highest BCUT2D eigenvalue weighted by Gasteiger charge is 2.72. The minimum atomic E-state index is -0.954. The number of phenolic OH excluding ortho intramolecular Hbond substituents is 1. The summed E-state index contributed by atoms with van der Waals surface area (Å²) >= 11 is 0. The molecule has 2 aliphatic heterocycles. The molecule has 1 aromatic carbocycles. The Morgan fingerprint density at radius 3 is 2.91 bits per heavy atom. The SMILES string of the molecule is CN1CC[C@]23c4c5ccc(O)c4O[C@H]2C(=O)CC[C@@]3(O)[C@@H]1C5.Cl. The van der Waals surface area contributed by atoms with Crippen LogP contribution >= 0.6 is 12.4 Å². The van der Waals surface area contributed by atoms with Crippen molar-refractivity contribution in [3.8, 4) is 11.5 Å². The molecule has 4 atom stereocenters. The van der Waals surface area contributed by atoms with Gasteiger partial charge in [-0.05, 0) is 44.5 Å². The molecule has 2 fully saturated rings. The Hall–Kier alpha value is -1.30. The van der Waals surface area contributed by atoms with Gasteiger partial charge in [-0.15, -0.1) is 12.4 Å². The van der Waals surface area contributed by atoms with Crippen LogP contribution in [0, 0.1) is 0 Å². The summed E-state index contributed by atoms with van der Waals surface area (Å²) in [5, 5.41) is 21.8. The fourth-order valence-corrected chi connectivity index (χ4v) is 5.54. The zero-order chi connectivity index (χ0) is 15.3. The Kier molecular flexibility index (Phi) is 2.92. The summed E-state index contributed by atoms with van der Waals surface area (Å²) in [4.78, 5) is 14.7. The van der Waals surface area contributed by atoms with Gasteiger partial charge in [0.1, 0.15) is 0 Å². The number of piperidine rings is 1. The number of likely N-dealkylation sites (N-methyl/N-ethyl adjacent to an activating group) is 1. The number of carbonyl (C=O) groups excluding carboxylic acids is 1. The van der Waals surface area contributed by atoms with E-state index in [4.69, 9.17) is 4.74 Å². The van der Waals surface area contributed by atoms with Gasteiger partial charge in [-0.2, -0.15) is 0 Å². The number of rotatable bonds is 0. The molecule has 0 amide bonds. The number of ether oxygens (including phenoxy) is 1. The molecule has 5 rings (SSSR count). The summed E-state index contributed by atoms with van der Waals surface area (Å²) in [6.07, 6.45) is 1.61. The van der Waals surface area contributed by atoms with Gasteiger partial charge in [0.15, 0.2) is 23.4 Å². The highest BCUT2D eigenvalue weighted by Crippen LogP contribution is 2.64. The number of halogens is 1. The quantitative estimate of drug-likeness (QED) is 0.743. The second-order valence-electron chi connectivity index (χ2n) is 7.26. The highest BCUT2D eigenvalue weighted by atomic mass is 35.5. The number of aliphatic hydroxyl groups is 1.